The largest absolute Gasteiger partial charge is 0.494 e. The second kappa shape index (κ2) is 10.9. The fourth-order valence-electron chi connectivity index (χ4n) is 4.01. The Kier molecular flexibility index (Phi) is 8.26. The van der Waals surface area contributed by atoms with Gasteiger partial charge in [-0.15, -0.1) is 0 Å². The third kappa shape index (κ3) is 6.07. The lowest BCUT2D eigenvalue weighted by Gasteiger charge is -2.37. The maximum atomic E-state index is 14.3. The van der Waals surface area contributed by atoms with Crippen molar-refractivity contribution in [3.8, 4) is 17.5 Å². The Balaban J connectivity index is 1.50. The Labute approximate surface area is 190 Å². The summed E-state index contributed by atoms with van der Waals surface area (Å²) < 4.78 is 21.6. The quantitative estimate of drug-likeness (QED) is 0.516. The molecular formula is C24H37FN4O3. The van der Waals surface area contributed by atoms with Crippen LogP contribution in [0, 0.1) is 5.82 Å². The molecule has 1 aliphatic heterocycles. The molecule has 178 valence electrons. The molecule has 1 fully saturated rings. The first-order valence-corrected chi connectivity index (χ1v) is 11.5. The first-order valence-electron chi connectivity index (χ1n) is 11.5. The van der Waals surface area contributed by atoms with Crippen LogP contribution in [-0.2, 0) is 13.1 Å². The van der Waals surface area contributed by atoms with E-state index < -0.39 is 0 Å². The van der Waals surface area contributed by atoms with Crippen molar-refractivity contribution in [2.45, 2.75) is 59.4 Å². The van der Waals surface area contributed by atoms with Gasteiger partial charge in [0.2, 0.25) is 0 Å². The van der Waals surface area contributed by atoms with Crippen molar-refractivity contribution in [3.63, 3.8) is 0 Å². The number of hydrogen-bond donors (Lipinski definition) is 3. The third-order valence-corrected chi connectivity index (χ3v) is 5.69. The predicted octanol–water partition coefficient (Wildman–Crippen LogP) is 3.54. The summed E-state index contributed by atoms with van der Waals surface area (Å²) in [6, 6.07) is 7.01. The van der Waals surface area contributed by atoms with E-state index in [1.807, 2.05) is 33.8 Å². The monoisotopic (exact) mass is 448 g/mol. The van der Waals surface area contributed by atoms with Crippen LogP contribution in [-0.4, -0.2) is 64.5 Å². The number of hydrogen-bond acceptors (Lipinski definition) is 6. The molecule has 7 nitrogen and oxygen atoms in total. The van der Waals surface area contributed by atoms with Gasteiger partial charge < -0.3 is 25.2 Å². The van der Waals surface area contributed by atoms with E-state index in [1.165, 1.54) is 6.07 Å². The minimum Gasteiger partial charge on any atom is -0.494 e. The highest BCUT2D eigenvalue weighted by molar-refractivity contribution is 5.59. The maximum Gasteiger partial charge on any atom is 0.198 e. The van der Waals surface area contributed by atoms with Crippen molar-refractivity contribution in [1.29, 1.82) is 0 Å². The van der Waals surface area contributed by atoms with Gasteiger partial charge in [-0.05, 0) is 38.9 Å². The molecule has 3 N–H and O–H groups in total. The average molecular weight is 449 g/mol. The van der Waals surface area contributed by atoms with Crippen molar-refractivity contribution < 1.29 is 19.3 Å². The fourth-order valence-corrected chi connectivity index (χ4v) is 4.01. The molecule has 0 saturated carbocycles. The van der Waals surface area contributed by atoms with Gasteiger partial charge >= 0.3 is 0 Å². The third-order valence-electron chi connectivity index (χ3n) is 5.69. The van der Waals surface area contributed by atoms with Crippen molar-refractivity contribution in [2.75, 3.05) is 37.6 Å². The summed E-state index contributed by atoms with van der Waals surface area (Å²) in [5.74, 6) is 0.228. The van der Waals surface area contributed by atoms with E-state index in [-0.39, 0.29) is 23.7 Å². The summed E-state index contributed by atoms with van der Waals surface area (Å²) in [6.45, 7) is 13.1. The normalized spacial score (nSPS) is 15.2. The Morgan fingerprint density at radius 3 is 2.44 bits per heavy atom. The molecule has 2 heterocycles. The number of benzene rings is 1. The summed E-state index contributed by atoms with van der Waals surface area (Å²) in [5.41, 5.74) is 1.52. The number of piperazine rings is 1. The van der Waals surface area contributed by atoms with Crippen LogP contribution in [0.1, 0.15) is 39.7 Å². The summed E-state index contributed by atoms with van der Waals surface area (Å²) in [7, 11) is 0. The number of rotatable bonds is 10. The number of aromatic hydroxyl groups is 2. The smallest absolute Gasteiger partial charge is 0.198 e. The van der Waals surface area contributed by atoms with Crippen LogP contribution in [0.4, 0.5) is 10.1 Å². The molecule has 1 aromatic heterocycles. The molecule has 1 aromatic carbocycles. The Morgan fingerprint density at radius 1 is 1.06 bits per heavy atom. The first kappa shape index (κ1) is 24.2. The molecule has 0 atom stereocenters. The Morgan fingerprint density at radius 2 is 1.78 bits per heavy atom. The lowest BCUT2D eigenvalue weighted by atomic mass is 10.2. The zero-order valence-corrected chi connectivity index (χ0v) is 19.6. The van der Waals surface area contributed by atoms with Gasteiger partial charge in [0.25, 0.3) is 0 Å². The van der Waals surface area contributed by atoms with E-state index in [2.05, 4.69) is 15.1 Å². The van der Waals surface area contributed by atoms with Crippen molar-refractivity contribution in [2.24, 2.45) is 0 Å². The van der Waals surface area contributed by atoms with Gasteiger partial charge in [0.05, 0.1) is 11.8 Å². The Hall–Kier alpha value is -2.45. The van der Waals surface area contributed by atoms with Crippen LogP contribution in [0.25, 0.3) is 0 Å². The van der Waals surface area contributed by atoms with E-state index in [4.69, 9.17) is 4.74 Å². The molecular weight excluding hydrogens is 411 g/mol. The SMILES string of the molecule is CC(C)NCc1cc(O)n(CCCN2CCN(c3cccc(F)c3OC(C)C)CC2)c1O. The summed E-state index contributed by atoms with van der Waals surface area (Å²) in [5, 5.41) is 23.9. The molecule has 0 unspecified atom stereocenters. The summed E-state index contributed by atoms with van der Waals surface area (Å²) >= 11 is 0. The van der Waals surface area contributed by atoms with Crippen molar-refractivity contribution in [3.05, 3.63) is 35.6 Å². The molecule has 1 saturated heterocycles. The lowest BCUT2D eigenvalue weighted by Crippen LogP contribution is -2.47. The molecule has 32 heavy (non-hydrogen) atoms. The van der Waals surface area contributed by atoms with Crippen molar-refractivity contribution in [1.82, 2.24) is 14.8 Å². The molecule has 0 amide bonds. The van der Waals surface area contributed by atoms with Crippen LogP contribution in [0.5, 0.6) is 17.5 Å². The molecule has 0 radical (unpaired) electrons. The zero-order chi connectivity index (χ0) is 23.3. The highest BCUT2D eigenvalue weighted by atomic mass is 19.1. The second-order valence-electron chi connectivity index (χ2n) is 8.98. The van der Waals surface area contributed by atoms with Crippen LogP contribution >= 0.6 is 0 Å². The van der Waals surface area contributed by atoms with Gasteiger partial charge in [0.1, 0.15) is 0 Å². The number of para-hydroxylation sites is 1. The standard InChI is InChI=1S/C24H37FN4O3/c1-17(2)26-16-19-15-22(30)29(24(19)31)10-6-9-27-11-13-28(14-12-27)21-8-5-7-20(25)23(21)32-18(3)4/h5,7-8,15,17-18,26,30-31H,6,9-14,16H2,1-4H3. The topological polar surface area (TPSA) is 73.1 Å². The number of nitrogens with zero attached hydrogens (tertiary/aromatic N) is 3. The van der Waals surface area contributed by atoms with Gasteiger partial charge in [-0.2, -0.15) is 0 Å². The molecule has 8 heteroatoms. The average Bonchev–Trinajstić information content (AvgIpc) is 3.01. The minimum absolute atomic E-state index is 0.0878. The fraction of sp³-hybridized carbons (Fsp3) is 0.583. The highest BCUT2D eigenvalue weighted by Gasteiger charge is 2.22. The number of aromatic nitrogens is 1. The lowest BCUT2D eigenvalue weighted by molar-refractivity contribution is 0.226. The van der Waals surface area contributed by atoms with E-state index in [1.54, 1.807) is 16.7 Å². The maximum absolute atomic E-state index is 14.3. The van der Waals surface area contributed by atoms with Gasteiger partial charge in [0.15, 0.2) is 23.3 Å². The molecule has 2 aromatic rings. The summed E-state index contributed by atoms with van der Waals surface area (Å²) in [6.07, 6.45) is 0.726. The molecule has 0 aliphatic carbocycles. The van der Waals surface area contributed by atoms with Crippen LogP contribution in [0.15, 0.2) is 24.3 Å². The first-order chi connectivity index (χ1) is 15.3. The van der Waals surface area contributed by atoms with E-state index in [9.17, 15) is 14.6 Å². The van der Waals surface area contributed by atoms with Crippen LogP contribution in [0.2, 0.25) is 0 Å². The van der Waals surface area contributed by atoms with E-state index in [0.29, 0.717) is 30.4 Å². The molecule has 0 bridgehead atoms. The summed E-state index contributed by atoms with van der Waals surface area (Å²) in [4.78, 5) is 4.53. The van der Waals surface area contributed by atoms with E-state index >= 15 is 0 Å². The molecule has 1 aliphatic rings. The van der Waals surface area contributed by atoms with Gasteiger partial charge in [-0.25, -0.2) is 4.39 Å². The number of halogens is 1. The number of nitrogens with one attached hydrogen (secondary N) is 1. The van der Waals surface area contributed by atoms with Gasteiger partial charge in [-0.1, -0.05) is 19.9 Å². The molecule has 0 spiro atoms. The van der Waals surface area contributed by atoms with Crippen molar-refractivity contribution >= 4 is 5.69 Å². The van der Waals surface area contributed by atoms with Gasteiger partial charge in [0, 0.05) is 56.9 Å². The van der Waals surface area contributed by atoms with Crippen LogP contribution < -0.4 is 15.0 Å². The number of ether oxygens (including phenoxy) is 1. The predicted molar refractivity (Wildman–Crippen MR) is 125 cm³/mol. The molecule has 3 rings (SSSR count). The zero-order valence-electron chi connectivity index (χ0n) is 19.6. The van der Waals surface area contributed by atoms with Crippen LogP contribution in [0.3, 0.4) is 0 Å². The highest BCUT2D eigenvalue weighted by Crippen LogP contribution is 2.33. The minimum atomic E-state index is -0.326. The number of anilines is 1. The second-order valence-corrected chi connectivity index (χ2v) is 8.98. The van der Waals surface area contributed by atoms with E-state index in [0.717, 1.165) is 44.8 Å². The Bertz CT molecular complexity index is 876. The van der Waals surface area contributed by atoms with Gasteiger partial charge in [-0.3, -0.25) is 9.47 Å².